The number of anilines is 1. The van der Waals surface area contributed by atoms with Crippen LogP contribution in [-0.4, -0.2) is 28.6 Å². The van der Waals surface area contributed by atoms with Crippen molar-refractivity contribution in [2.24, 2.45) is 0 Å². The fraction of sp³-hybridized carbons (Fsp3) is 0.167. The van der Waals surface area contributed by atoms with E-state index in [0.717, 1.165) is 0 Å². The second kappa shape index (κ2) is 8.36. The van der Waals surface area contributed by atoms with E-state index in [2.05, 4.69) is 10.6 Å². The SMILES string of the molecule is N#C/C(=C/NCCCC(=O)O)C(=O)Nc1cccc2c(O)cccc12. The molecule has 2 aromatic carbocycles. The van der Waals surface area contributed by atoms with E-state index in [1.54, 1.807) is 42.5 Å². The van der Waals surface area contributed by atoms with Gasteiger partial charge in [-0.2, -0.15) is 5.26 Å². The number of rotatable bonds is 7. The highest BCUT2D eigenvalue weighted by atomic mass is 16.4. The van der Waals surface area contributed by atoms with Crippen LogP contribution in [0.1, 0.15) is 12.8 Å². The lowest BCUT2D eigenvalue weighted by Crippen LogP contribution is -2.17. The first-order chi connectivity index (χ1) is 12.0. The van der Waals surface area contributed by atoms with Gasteiger partial charge in [-0.15, -0.1) is 0 Å². The number of nitriles is 1. The van der Waals surface area contributed by atoms with Crippen LogP contribution in [0.5, 0.6) is 5.75 Å². The first kappa shape index (κ1) is 17.8. The van der Waals surface area contributed by atoms with Crippen molar-refractivity contribution in [3.05, 3.63) is 48.2 Å². The van der Waals surface area contributed by atoms with Gasteiger partial charge in [0.1, 0.15) is 17.4 Å². The summed E-state index contributed by atoms with van der Waals surface area (Å²) in [5, 5.41) is 34.2. The van der Waals surface area contributed by atoms with Crippen molar-refractivity contribution in [3.63, 3.8) is 0 Å². The van der Waals surface area contributed by atoms with Crippen LogP contribution in [0.2, 0.25) is 0 Å². The van der Waals surface area contributed by atoms with Crippen LogP contribution in [0.3, 0.4) is 0 Å². The van der Waals surface area contributed by atoms with E-state index in [1.165, 1.54) is 6.20 Å². The Balaban J connectivity index is 2.09. The van der Waals surface area contributed by atoms with Crippen LogP contribution >= 0.6 is 0 Å². The number of carboxylic acids is 1. The lowest BCUT2D eigenvalue weighted by atomic mass is 10.1. The third-order valence-corrected chi connectivity index (χ3v) is 3.47. The maximum atomic E-state index is 12.2. The molecule has 0 radical (unpaired) electrons. The molecule has 2 aromatic rings. The van der Waals surface area contributed by atoms with Crippen LogP contribution in [0.4, 0.5) is 5.69 Å². The minimum absolute atomic E-state index is 0.00835. The van der Waals surface area contributed by atoms with Crippen molar-refractivity contribution in [3.8, 4) is 11.8 Å². The molecule has 7 heteroatoms. The number of carbonyl (C=O) groups excluding carboxylic acids is 1. The lowest BCUT2D eigenvalue weighted by molar-refractivity contribution is -0.137. The van der Waals surface area contributed by atoms with Gasteiger partial charge < -0.3 is 20.8 Å². The topological polar surface area (TPSA) is 122 Å². The number of aliphatic carboxylic acids is 1. The van der Waals surface area contributed by atoms with E-state index < -0.39 is 11.9 Å². The summed E-state index contributed by atoms with van der Waals surface area (Å²) in [6.45, 7) is 0.340. The highest BCUT2D eigenvalue weighted by Gasteiger charge is 2.11. The van der Waals surface area contributed by atoms with Crippen LogP contribution in [0.25, 0.3) is 10.8 Å². The molecule has 0 aliphatic heterocycles. The molecule has 0 spiro atoms. The summed E-state index contributed by atoms with van der Waals surface area (Å²) in [5.74, 6) is -1.39. The summed E-state index contributed by atoms with van der Waals surface area (Å²) in [4.78, 5) is 22.7. The quantitative estimate of drug-likeness (QED) is 0.349. The van der Waals surface area contributed by atoms with E-state index in [-0.39, 0.29) is 17.7 Å². The average Bonchev–Trinajstić information content (AvgIpc) is 2.58. The van der Waals surface area contributed by atoms with Gasteiger partial charge >= 0.3 is 5.97 Å². The summed E-state index contributed by atoms with van der Waals surface area (Å²) in [5.41, 5.74) is 0.345. The second-order valence-electron chi connectivity index (χ2n) is 5.25. The molecule has 0 saturated carbocycles. The standard InChI is InChI=1S/C18H17N3O4/c19-10-12(11-20-9-3-8-17(23)24)18(25)21-15-6-1-5-14-13(15)4-2-7-16(14)22/h1-2,4-7,11,20,22H,3,8-9H2,(H,21,25)(H,23,24)/b12-11-. The number of nitrogens with zero attached hydrogens (tertiary/aromatic N) is 1. The largest absolute Gasteiger partial charge is 0.507 e. The van der Waals surface area contributed by atoms with Crippen molar-refractivity contribution in [1.29, 1.82) is 5.26 Å². The zero-order valence-electron chi connectivity index (χ0n) is 13.3. The van der Waals surface area contributed by atoms with E-state index in [1.807, 2.05) is 0 Å². The zero-order valence-corrected chi connectivity index (χ0v) is 13.3. The van der Waals surface area contributed by atoms with Gasteiger partial charge in [0.15, 0.2) is 0 Å². The molecule has 7 nitrogen and oxygen atoms in total. The molecular formula is C18H17N3O4. The Hall–Kier alpha value is -3.53. The summed E-state index contributed by atoms with van der Waals surface area (Å²) >= 11 is 0. The Labute approximate surface area is 144 Å². The first-order valence-electron chi connectivity index (χ1n) is 7.60. The Bertz CT molecular complexity index is 868. The molecule has 1 amide bonds. The first-order valence-corrected chi connectivity index (χ1v) is 7.60. The molecule has 25 heavy (non-hydrogen) atoms. The number of hydrogen-bond donors (Lipinski definition) is 4. The van der Waals surface area contributed by atoms with Gasteiger partial charge in [0.25, 0.3) is 5.91 Å². The molecule has 0 aliphatic rings. The van der Waals surface area contributed by atoms with Gasteiger partial charge in [0, 0.05) is 35.6 Å². The van der Waals surface area contributed by atoms with Crippen LogP contribution in [0, 0.1) is 11.3 Å². The summed E-state index contributed by atoms with van der Waals surface area (Å²) in [6.07, 6.45) is 1.66. The normalized spacial score (nSPS) is 10.9. The number of aromatic hydroxyl groups is 1. The number of hydrogen-bond acceptors (Lipinski definition) is 5. The fourth-order valence-corrected chi connectivity index (χ4v) is 2.26. The van der Waals surface area contributed by atoms with E-state index in [4.69, 9.17) is 10.4 Å². The fourth-order valence-electron chi connectivity index (χ4n) is 2.26. The minimum Gasteiger partial charge on any atom is -0.507 e. The van der Waals surface area contributed by atoms with Gasteiger partial charge in [0.2, 0.25) is 0 Å². The van der Waals surface area contributed by atoms with Gasteiger partial charge in [-0.3, -0.25) is 9.59 Å². The number of carbonyl (C=O) groups is 2. The Morgan fingerprint density at radius 2 is 1.88 bits per heavy atom. The highest BCUT2D eigenvalue weighted by molar-refractivity contribution is 6.11. The summed E-state index contributed by atoms with van der Waals surface area (Å²) in [6, 6.07) is 11.9. The van der Waals surface area contributed by atoms with Gasteiger partial charge in [-0.1, -0.05) is 24.3 Å². The van der Waals surface area contributed by atoms with Gasteiger partial charge in [-0.25, -0.2) is 0 Å². The molecule has 0 saturated heterocycles. The smallest absolute Gasteiger partial charge is 0.303 e. The molecule has 4 N–H and O–H groups in total. The summed E-state index contributed by atoms with van der Waals surface area (Å²) < 4.78 is 0. The molecular weight excluding hydrogens is 322 g/mol. The van der Waals surface area contributed by atoms with Crippen molar-refractivity contribution in [1.82, 2.24) is 5.32 Å². The lowest BCUT2D eigenvalue weighted by Gasteiger charge is -2.09. The van der Waals surface area contributed by atoms with E-state index in [0.29, 0.717) is 29.4 Å². The number of carboxylic acid groups (broad SMARTS) is 1. The maximum Gasteiger partial charge on any atom is 0.303 e. The Kier molecular flexibility index (Phi) is 5.96. The number of benzene rings is 2. The zero-order chi connectivity index (χ0) is 18.2. The predicted octanol–water partition coefficient (Wildman–Crippen LogP) is 2.35. The molecule has 0 aromatic heterocycles. The average molecular weight is 339 g/mol. The van der Waals surface area contributed by atoms with Crippen molar-refractivity contribution < 1.29 is 19.8 Å². The molecule has 0 bridgehead atoms. The molecule has 0 aliphatic carbocycles. The Morgan fingerprint density at radius 3 is 2.60 bits per heavy atom. The monoisotopic (exact) mass is 339 g/mol. The van der Waals surface area contributed by atoms with Crippen LogP contribution < -0.4 is 10.6 Å². The predicted molar refractivity (Wildman–Crippen MR) is 92.8 cm³/mol. The van der Waals surface area contributed by atoms with Crippen LogP contribution in [-0.2, 0) is 9.59 Å². The van der Waals surface area contributed by atoms with Crippen molar-refractivity contribution in [2.75, 3.05) is 11.9 Å². The number of nitrogens with one attached hydrogen (secondary N) is 2. The molecule has 0 atom stereocenters. The van der Waals surface area contributed by atoms with Crippen LogP contribution in [0.15, 0.2) is 48.2 Å². The van der Waals surface area contributed by atoms with E-state index in [9.17, 15) is 14.7 Å². The number of phenolic OH excluding ortho intramolecular Hbond substituents is 1. The maximum absolute atomic E-state index is 12.2. The molecule has 0 unspecified atom stereocenters. The molecule has 2 rings (SSSR count). The number of phenols is 1. The second-order valence-corrected chi connectivity index (χ2v) is 5.25. The Morgan fingerprint density at radius 1 is 1.16 bits per heavy atom. The van der Waals surface area contributed by atoms with Crippen molar-refractivity contribution in [2.45, 2.75) is 12.8 Å². The number of amides is 1. The highest BCUT2D eigenvalue weighted by Crippen LogP contribution is 2.29. The van der Waals surface area contributed by atoms with Gasteiger partial charge in [-0.05, 0) is 18.6 Å². The third-order valence-electron chi connectivity index (χ3n) is 3.47. The molecule has 0 heterocycles. The number of fused-ring (bicyclic) bond motifs is 1. The van der Waals surface area contributed by atoms with Crippen molar-refractivity contribution >= 4 is 28.3 Å². The molecule has 0 fully saturated rings. The van der Waals surface area contributed by atoms with Gasteiger partial charge in [0.05, 0.1) is 0 Å². The minimum atomic E-state index is -0.900. The molecule has 128 valence electrons. The van der Waals surface area contributed by atoms with E-state index >= 15 is 0 Å². The summed E-state index contributed by atoms with van der Waals surface area (Å²) in [7, 11) is 0. The third kappa shape index (κ3) is 4.72.